The SMILES string of the molecule is Nc1cc(OCc2ccccc2)c(N)c2c1C(=O)c1c(N)cc(OCc3ccccc3)c(N)c1C2=O. The Labute approximate surface area is 207 Å². The highest BCUT2D eigenvalue weighted by molar-refractivity contribution is 6.35. The van der Waals surface area contributed by atoms with Crippen LogP contribution in [0.2, 0.25) is 0 Å². The van der Waals surface area contributed by atoms with Crippen molar-refractivity contribution in [3.63, 3.8) is 0 Å². The van der Waals surface area contributed by atoms with Gasteiger partial charge in [0.2, 0.25) is 0 Å². The molecule has 8 nitrogen and oxygen atoms in total. The molecular formula is C28H24N4O4. The molecule has 1 aliphatic carbocycles. The maximum absolute atomic E-state index is 13.7. The number of nitrogens with two attached hydrogens (primary N) is 4. The maximum atomic E-state index is 13.7. The Bertz CT molecular complexity index is 1390. The highest BCUT2D eigenvalue weighted by atomic mass is 16.5. The first-order valence-electron chi connectivity index (χ1n) is 11.2. The van der Waals surface area contributed by atoms with Crippen molar-refractivity contribution in [2.75, 3.05) is 22.9 Å². The molecule has 1 aliphatic rings. The third kappa shape index (κ3) is 3.84. The van der Waals surface area contributed by atoms with Gasteiger partial charge in [-0.15, -0.1) is 0 Å². The van der Waals surface area contributed by atoms with Crippen molar-refractivity contribution in [2.24, 2.45) is 0 Å². The van der Waals surface area contributed by atoms with E-state index in [1.165, 1.54) is 12.1 Å². The van der Waals surface area contributed by atoms with E-state index in [9.17, 15) is 9.59 Å². The standard InChI is InChI=1S/C28H24N4O4/c29-17-11-19(35-13-15-7-3-1-4-8-15)25(31)23-21(17)27(33)22-18(30)12-20(26(32)24(22)28(23)34)36-14-16-9-5-2-6-10-16/h1-12H,13-14,29-32H2. The van der Waals surface area contributed by atoms with Gasteiger partial charge in [-0.05, 0) is 11.1 Å². The molecule has 0 bridgehead atoms. The summed E-state index contributed by atoms with van der Waals surface area (Å²) in [6.07, 6.45) is 0. The molecule has 0 radical (unpaired) electrons. The lowest BCUT2D eigenvalue weighted by Crippen LogP contribution is -2.27. The molecule has 0 unspecified atom stereocenters. The van der Waals surface area contributed by atoms with Gasteiger partial charge in [-0.1, -0.05) is 60.7 Å². The van der Waals surface area contributed by atoms with E-state index >= 15 is 0 Å². The fourth-order valence-electron chi connectivity index (χ4n) is 4.31. The lowest BCUT2D eigenvalue weighted by atomic mass is 9.80. The number of anilines is 4. The topological polar surface area (TPSA) is 157 Å². The van der Waals surface area contributed by atoms with Crippen LogP contribution in [-0.2, 0) is 13.2 Å². The molecular weight excluding hydrogens is 456 g/mol. The largest absolute Gasteiger partial charge is 0.487 e. The maximum Gasteiger partial charge on any atom is 0.199 e. The van der Waals surface area contributed by atoms with Crippen LogP contribution in [0.1, 0.15) is 43.0 Å². The number of hydrogen-bond donors (Lipinski definition) is 4. The molecule has 0 spiro atoms. The Morgan fingerprint density at radius 3 is 1.28 bits per heavy atom. The smallest absolute Gasteiger partial charge is 0.199 e. The van der Waals surface area contributed by atoms with Crippen molar-refractivity contribution < 1.29 is 19.1 Å². The van der Waals surface area contributed by atoms with E-state index < -0.39 is 11.6 Å². The first-order valence-corrected chi connectivity index (χ1v) is 11.2. The van der Waals surface area contributed by atoms with Crippen molar-refractivity contribution in [1.29, 1.82) is 0 Å². The lowest BCUT2D eigenvalue weighted by molar-refractivity contribution is 0.0981. The van der Waals surface area contributed by atoms with Crippen LogP contribution in [-0.4, -0.2) is 11.6 Å². The number of ketones is 2. The van der Waals surface area contributed by atoms with Crippen LogP contribution < -0.4 is 32.4 Å². The van der Waals surface area contributed by atoms with E-state index in [1.807, 2.05) is 60.7 Å². The zero-order valence-corrected chi connectivity index (χ0v) is 19.3. The summed E-state index contributed by atoms with van der Waals surface area (Å²) in [5.41, 5.74) is 26.9. The minimum absolute atomic E-state index is 0.00714. The molecule has 4 aromatic rings. The molecule has 8 N–H and O–H groups in total. The molecule has 4 aromatic carbocycles. The van der Waals surface area contributed by atoms with E-state index in [2.05, 4.69) is 0 Å². The second-order valence-corrected chi connectivity index (χ2v) is 8.46. The van der Waals surface area contributed by atoms with Gasteiger partial charge in [-0.2, -0.15) is 0 Å². The van der Waals surface area contributed by atoms with E-state index in [4.69, 9.17) is 32.4 Å². The van der Waals surface area contributed by atoms with Gasteiger partial charge in [0.15, 0.2) is 11.6 Å². The molecule has 36 heavy (non-hydrogen) atoms. The number of carbonyl (C=O) groups is 2. The van der Waals surface area contributed by atoms with Gasteiger partial charge < -0.3 is 32.4 Å². The van der Waals surface area contributed by atoms with E-state index in [0.29, 0.717) is 0 Å². The first-order chi connectivity index (χ1) is 17.4. The second-order valence-electron chi connectivity index (χ2n) is 8.46. The minimum atomic E-state index is -0.566. The molecule has 180 valence electrons. The molecule has 0 aliphatic heterocycles. The Hall–Kier alpha value is -4.98. The van der Waals surface area contributed by atoms with Gasteiger partial charge in [-0.25, -0.2) is 0 Å². The van der Waals surface area contributed by atoms with Crippen LogP contribution in [0.25, 0.3) is 0 Å². The molecule has 0 fully saturated rings. The Morgan fingerprint density at radius 1 is 0.528 bits per heavy atom. The number of fused-ring (bicyclic) bond motifs is 2. The molecule has 0 atom stereocenters. The van der Waals surface area contributed by atoms with E-state index in [0.717, 1.165) is 11.1 Å². The fraction of sp³-hybridized carbons (Fsp3) is 0.0714. The lowest BCUT2D eigenvalue weighted by Gasteiger charge is -2.25. The van der Waals surface area contributed by atoms with Crippen molar-refractivity contribution in [1.82, 2.24) is 0 Å². The van der Waals surface area contributed by atoms with Crippen LogP contribution in [0, 0.1) is 0 Å². The number of benzene rings is 4. The summed E-state index contributed by atoms with van der Waals surface area (Å²) in [6.45, 7) is 0.406. The predicted molar refractivity (Wildman–Crippen MR) is 139 cm³/mol. The zero-order valence-electron chi connectivity index (χ0n) is 19.3. The van der Waals surface area contributed by atoms with Crippen molar-refractivity contribution in [3.05, 3.63) is 106 Å². The second kappa shape index (κ2) is 8.99. The highest BCUT2D eigenvalue weighted by Gasteiger charge is 2.38. The molecule has 0 saturated carbocycles. The van der Waals surface area contributed by atoms with Gasteiger partial charge in [0, 0.05) is 23.5 Å². The molecule has 5 rings (SSSR count). The zero-order chi connectivity index (χ0) is 25.4. The van der Waals surface area contributed by atoms with Crippen LogP contribution >= 0.6 is 0 Å². The molecule has 0 aromatic heterocycles. The average Bonchev–Trinajstić information content (AvgIpc) is 2.88. The Morgan fingerprint density at radius 2 is 0.889 bits per heavy atom. The molecule has 8 heteroatoms. The van der Waals surface area contributed by atoms with Crippen LogP contribution in [0.3, 0.4) is 0 Å². The van der Waals surface area contributed by atoms with Crippen molar-refractivity contribution in [2.45, 2.75) is 13.2 Å². The summed E-state index contributed by atoms with van der Waals surface area (Å²) in [5, 5.41) is 0. The van der Waals surface area contributed by atoms with E-state index in [1.54, 1.807) is 0 Å². The van der Waals surface area contributed by atoms with Gasteiger partial charge in [0.05, 0.1) is 33.6 Å². The number of nitrogen functional groups attached to an aromatic ring is 4. The van der Waals surface area contributed by atoms with Gasteiger partial charge in [0.25, 0.3) is 0 Å². The monoisotopic (exact) mass is 480 g/mol. The first kappa shape index (κ1) is 22.8. The predicted octanol–water partition coefficient (Wildman–Crippen LogP) is 3.95. The van der Waals surface area contributed by atoms with Crippen LogP contribution in [0.5, 0.6) is 11.5 Å². The number of carbonyl (C=O) groups excluding carboxylic acids is 2. The Balaban J connectivity index is 1.54. The third-order valence-electron chi connectivity index (χ3n) is 6.10. The number of rotatable bonds is 6. The quantitative estimate of drug-likeness (QED) is 0.266. The van der Waals surface area contributed by atoms with Gasteiger partial charge in [0.1, 0.15) is 24.7 Å². The van der Waals surface area contributed by atoms with Crippen molar-refractivity contribution in [3.8, 4) is 11.5 Å². The third-order valence-corrected chi connectivity index (χ3v) is 6.10. The summed E-state index contributed by atoms with van der Waals surface area (Å²) in [6, 6.07) is 21.8. The molecule has 0 heterocycles. The fourth-order valence-corrected chi connectivity index (χ4v) is 4.31. The van der Waals surface area contributed by atoms with Gasteiger partial charge >= 0.3 is 0 Å². The number of hydrogen-bond acceptors (Lipinski definition) is 8. The Kier molecular flexibility index (Phi) is 5.69. The average molecular weight is 481 g/mol. The summed E-state index contributed by atoms with van der Waals surface area (Å²) in [4.78, 5) is 27.2. The van der Waals surface area contributed by atoms with E-state index in [-0.39, 0.29) is 69.7 Å². The number of ether oxygens (including phenoxy) is 2. The summed E-state index contributed by atoms with van der Waals surface area (Å²) in [5.74, 6) is -0.703. The highest BCUT2D eigenvalue weighted by Crippen LogP contribution is 2.45. The van der Waals surface area contributed by atoms with Gasteiger partial charge in [-0.3, -0.25) is 9.59 Å². The van der Waals surface area contributed by atoms with Crippen molar-refractivity contribution >= 4 is 34.3 Å². The van der Waals surface area contributed by atoms with Crippen LogP contribution in [0.15, 0.2) is 72.8 Å². The minimum Gasteiger partial charge on any atom is -0.487 e. The molecule has 0 amide bonds. The normalized spacial score (nSPS) is 12.1. The van der Waals surface area contributed by atoms with Crippen LogP contribution in [0.4, 0.5) is 22.7 Å². The summed E-state index contributed by atoms with van der Waals surface area (Å²) < 4.78 is 11.7. The molecule has 0 saturated heterocycles. The summed E-state index contributed by atoms with van der Waals surface area (Å²) >= 11 is 0. The summed E-state index contributed by atoms with van der Waals surface area (Å²) in [7, 11) is 0.